The Morgan fingerprint density at radius 1 is 0.929 bits per heavy atom. The van der Waals surface area contributed by atoms with Gasteiger partial charge in [0.2, 0.25) is 17.8 Å². The molecular formula is C19H26N6O3. The van der Waals surface area contributed by atoms with E-state index in [0.717, 1.165) is 5.69 Å². The summed E-state index contributed by atoms with van der Waals surface area (Å²) >= 11 is 0. The van der Waals surface area contributed by atoms with Crippen LogP contribution in [0.4, 0.5) is 23.3 Å². The number of anilines is 4. The van der Waals surface area contributed by atoms with Crippen LogP contribution in [0.15, 0.2) is 30.6 Å². The van der Waals surface area contributed by atoms with Crippen molar-refractivity contribution in [3.8, 4) is 0 Å². The van der Waals surface area contributed by atoms with Gasteiger partial charge >= 0.3 is 5.97 Å². The van der Waals surface area contributed by atoms with Gasteiger partial charge in [0.25, 0.3) is 0 Å². The molecule has 2 rings (SSSR count). The van der Waals surface area contributed by atoms with Crippen molar-refractivity contribution in [3.05, 3.63) is 30.6 Å². The Labute approximate surface area is 164 Å². The number of nitrogens with zero attached hydrogens (tertiary/aromatic N) is 3. The van der Waals surface area contributed by atoms with Gasteiger partial charge in [-0.3, -0.25) is 4.79 Å². The van der Waals surface area contributed by atoms with Crippen molar-refractivity contribution >= 4 is 35.1 Å². The quantitative estimate of drug-likeness (QED) is 0.648. The van der Waals surface area contributed by atoms with Gasteiger partial charge < -0.3 is 20.7 Å². The Morgan fingerprint density at radius 3 is 2.07 bits per heavy atom. The Kier molecular flexibility index (Phi) is 6.17. The standard InChI is InChI=1S/C19H26N6O3/c1-12(26)22-13-7-9-14(10-8-13)23-16-20-11-21-17(24-16)25-19(5,6)15(27)28-18(2,3)4/h7-11H,1-6H3,(H,22,26)(H2,20,21,23,24,25). The lowest BCUT2D eigenvalue weighted by Crippen LogP contribution is -2.45. The molecule has 0 aliphatic carbocycles. The van der Waals surface area contributed by atoms with E-state index in [9.17, 15) is 9.59 Å². The molecular weight excluding hydrogens is 360 g/mol. The van der Waals surface area contributed by atoms with Gasteiger partial charge in [-0.2, -0.15) is 4.98 Å². The van der Waals surface area contributed by atoms with Gasteiger partial charge in [-0.15, -0.1) is 0 Å². The smallest absolute Gasteiger partial charge is 0.331 e. The molecule has 1 aromatic carbocycles. The first kappa shape index (κ1) is 21.1. The largest absolute Gasteiger partial charge is 0.458 e. The van der Waals surface area contributed by atoms with Crippen molar-refractivity contribution in [1.29, 1.82) is 0 Å². The summed E-state index contributed by atoms with van der Waals surface area (Å²) in [6, 6.07) is 7.09. The average Bonchev–Trinajstić information content (AvgIpc) is 2.54. The molecule has 0 bridgehead atoms. The van der Waals surface area contributed by atoms with Gasteiger partial charge in [-0.25, -0.2) is 14.8 Å². The monoisotopic (exact) mass is 386 g/mol. The third-order valence-corrected chi connectivity index (χ3v) is 3.37. The van der Waals surface area contributed by atoms with Crippen LogP contribution in [0.3, 0.4) is 0 Å². The van der Waals surface area contributed by atoms with Crippen LogP contribution in [-0.2, 0) is 14.3 Å². The molecule has 1 amide bonds. The lowest BCUT2D eigenvalue weighted by atomic mass is 10.1. The molecule has 0 unspecified atom stereocenters. The van der Waals surface area contributed by atoms with Crippen LogP contribution in [0, 0.1) is 0 Å². The number of hydrogen-bond acceptors (Lipinski definition) is 8. The summed E-state index contributed by atoms with van der Waals surface area (Å²) in [5.74, 6) is -0.00188. The van der Waals surface area contributed by atoms with Gasteiger partial charge in [0.15, 0.2) is 0 Å². The van der Waals surface area contributed by atoms with Crippen LogP contribution in [0.2, 0.25) is 0 Å². The molecule has 0 atom stereocenters. The Morgan fingerprint density at radius 2 is 1.50 bits per heavy atom. The zero-order valence-corrected chi connectivity index (χ0v) is 17.0. The Bertz CT molecular complexity index is 843. The van der Waals surface area contributed by atoms with E-state index in [0.29, 0.717) is 11.6 Å². The molecule has 150 valence electrons. The summed E-state index contributed by atoms with van der Waals surface area (Å²) in [7, 11) is 0. The number of rotatable bonds is 6. The van der Waals surface area contributed by atoms with Crippen molar-refractivity contribution in [2.24, 2.45) is 0 Å². The minimum atomic E-state index is -1.02. The number of carbonyl (C=O) groups is 2. The molecule has 0 fully saturated rings. The van der Waals surface area contributed by atoms with Crippen molar-refractivity contribution in [2.45, 2.75) is 52.7 Å². The minimum absolute atomic E-state index is 0.138. The van der Waals surface area contributed by atoms with Gasteiger partial charge in [0, 0.05) is 18.3 Å². The first-order valence-electron chi connectivity index (χ1n) is 8.80. The van der Waals surface area contributed by atoms with Crippen LogP contribution >= 0.6 is 0 Å². The van der Waals surface area contributed by atoms with E-state index in [1.807, 2.05) is 20.8 Å². The molecule has 0 aliphatic heterocycles. The Balaban J connectivity index is 2.07. The van der Waals surface area contributed by atoms with Gasteiger partial charge in [-0.1, -0.05) is 0 Å². The van der Waals surface area contributed by atoms with E-state index < -0.39 is 17.1 Å². The maximum absolute atomic E-state index is 12.4. The topological polar surface area (TPSA) is 118 Å². The SMILES string of the molecule is CC(=O)Nc1ccc(Nc2ncnc(NC(C)(C)C(=O)OC(C)(C)C)n2)cc1. The lowest BCUT2D eigenvalue weighted by Gasteiger charge is -2.29. The molecule has 0 radical (unpaired) electrons. The van der Waals surface area contributed by atoms with Crippen molar-refractivity contribution in [3.63, 3.8) is 0 Å². The second-order valence-corrected chi connectivity index (χ2v) is 7.77. The minimum Gasteiger partial charge on any atom is -0.458 e. The summed E-state index contributed by atoms with van der Waals surface area (Å²) < 4.78 is 5.42. The van der Waals surface area contributed by atoms with Crippen LogP contribution < -0.4 is 16.0 Å². The highest BCUT2D eigenvalue weighted by Crippen LogP contribution is 2.20. The number of benzene rings is 1. The van der Waals surface area contributed by atoms with Gasteiger partial charge in [0.05, 0.1) is 0 Å². The summed E-state index contributed by atoms with van der Waals surface area (Å²) in [5, 5.41) is 8.72. The van der Waals surface area contributed by atoms with Crippen LogP contribution in [0.25, 0.3) is 0 Å². The van der Waals surface area contributed by atoms with Gasteiger partial charge in [-0.05, 0) is 58.9 Å². The number of amides is 1. The molecule has 9 heteroatoms. The third kappa shape index (κ3) is 6.49. The van der Waals surface area contributed by atoms with Crippen LogP contribution in [0.5, 0.6) is 0 Å². The maximum Gasteiger partial charge on any atom is 0.331 e. The molecule has 28 heavy (non-hydrogen) atoms. The Hall–Kier alpha value is -3.23. The number of esters is 1. The third-order valence-electron chi connectivity index (χ3n) is 3.37. The fourth-order valence-electron chi connectivity index (χ4n) is 2.12. The number of nitrogens with one attached hydrogen (secondary N) is 3. The van der Waals surface area contributed by atoms with Crippen LogP contribution in [0.1, 0.15) is 41.5 Å². The molecule has 2 aromatic rings. The molecule has 1 heterocycles. The molecule has 0 aliphatic rings. The molecule has 0 saturated carbocycles. The highest BCUT2D eigenvalue weighted by Gasteiger charge is 2.33. The second kappa shape index (κ2) is 8.20. The highest BCUT2D eigenvalue weighted by molar-refractivity contribution is 5.88. The summed E-state index contributed by atoms with van der Waals surface area (Å²) in [4.78, 5) is 35.9. The molecule has 0 spiro atoms. The summed E-state index contributed by atoms with van der Waals surface area (Å²) in [6.07, 6.45) is 1.34. The van der Waals surface area contributed by atoms with Crippen LogP contribution in [-0.4, -0.2) is 38.0 Å². The summed E-state index contributed by atoms with van der Waals surface area (Å²) in [6.45, 7) is 10.3. The fourth-order valence-corrected chi connectivity index (χ4v) is 2.12. The first-order valence-corrected chi connectivity index (χ1v) is 8.80. The van der Waals surface area contributed by atoms with E-state index in [4.69, 9.17) is 4.74 Å². The van der Waals surface area contributed by atoms with E-state index in [-0.39, 0.29) is 11.9 Å². The zero-order valence-electron chi connectivity index (χ0n) is 17.0. The zero-order chi connectivity index (χ0) is 20.9. The van der Waals surface area contributed by atoms with Gasteiger partial charge in [0.1, 0.15) is 17.5 Å². The molecule has 1 aromatic heterocycles. The van der Waals surface area contributed by atoms with E-state index in [2.05, 4.69) is 30.9 Å². The molecule has 3 N–H and O–H groups in total. The predicted molar refractivity (Wildman–Crippen MR) is 107 cm³/mol. The average molecular weight is 386 g/mol. The van der Waals surface area contributed by atoms with Crippen molar-refractivity contribution in [2.75, 3.05) is 16.0 Å². The normalized spacial score (nSPS) is 11.5. The lowest BCUT2D eigenvalue weighted by molar-refractivity contribution is -0.159. The predicted octanol–water partition coefficient (Wildman–Crippen LogP) is 3.11. The van der Waals surface area contributed by atoms with Crippen molar-refractivity contribution in [1.82, 2.24) is 15.0 Å². The summed E-state index contributed by atoms with van der Waals surface area (Å²) in [5.41, 5.74) is -0.190. The van der Waals surface area contributed by atoms with E-state index in [1.54, 1.807) is 38.1 Å². The van der Waals surface area contributed by atoms with E-state index in [1.165, 1.54) is 13.3 Å². The van der Waals surface area contributed by atoms with Crippen molar-refractivity contribution < 1.29 is 14.3 Å². The number of carbonyl (C=O) groups excluding carboxylic acids is 2. The first-order chi connectivity index (χ1) is 12.9. The van der Waals surface area contributed by atoms with E-state index >= 15 is 0 Å². The second-order valence-electron chi connectivity index (χ2n) is 7.77. The number of hydrogen-bond donors (Lipinski definition) is 3. The maximum atomic E-state index is 12.4. The molecule has 0 saturated heterocycles. The molecule has 9 nitrogen and oxygen atoms in total. The number of ether oxygens (including phenoxy) is 1. The fraction of sp³-hybridized carbons (Fsp3) is 0.421. The number of aromatic nitrogens is 3. The highest BCUT2D eigenvalue weighted by atomic mass is 16.6.